The Labute approximate surface area is 149 Å². The lowest BCUT2D eigenvalue weighted by Gasteiger charge is -2.19. The molecule has 7 heteroatoms. The highest BCUT2D eigenvalue weighted by atomic mass is 19.4. The first-order chi connectivity index (χ1) is 12.4. The molecule has 1 saturated heterocycles. The van der Waals surface area contributed by atoms with Gasteiger partial charge in [-0.15, -0.1) is 0 Å². The summed E-state index contributed by atoms with van der Waals surface area (Å²) in [6.07, 6.45) is -0.112. The van der Waals surface area contributed by atoms with Crippen molar-refractivity contribution in [2.24, 2.45) is 5.92 Å². The summed E-state index contributed by atoms with van der Waals surface area (Å²) in [5.74, 6) is -0.0612. The minimum absolute atomic E-state index is 0.0383. The number of alkyl halides is 3. The third-order valence-corrected chi connectivity index (χ3v) is 4.44. The molecule has 26 heavy (non-hydrogen) atoms. The summed E-state index contributed by atoms with van der Waals surface area (Å²) in [6.45, 7) is 1.00. The van der Waals surface area contributed by atoms with E-state index in [-0.39, 0.29) is 24.3 Å². The third kappa shape index (κ3) is 4.82. The number of nitrogens with zero attached hydrogens (tertiary/aromatic N) is 1. The van der Waals surface area contributed by atoms with Crippen LogP contribution in [0, 0.1) is 5.92 Å². The molecule has 1 aromatic heterocycles. The van der Waals surface area contributed by atoms with Crippen LogP contribution in [0.2, 0.25) is 0 Å². The van der Waals surface area contributed by atoms with E-state index in [4.69, 9.17) is 4.74 Å². The van der Waals surface area contributed by atoms with Crippen LogP contribution in [0.4, 0.5) is 13.2 Å². The zero-order chi connectivity index (χ0) is 18.6. The molecule has 2 aromatic rings. The van der Waals surface area contributed by atoms with E-state index in [0.717, 1.165) is 24.1 Å². The molecule has 3 rings (SSSR count). The fourth-order valence-corrected chi connectivity index (χ4v) is 3.04. The molecule has 0 aliphatic carbocycles. The smallest absolute Gasteiger partial charge is 0.379 e. The summed E-state index contributed by atoms with van der Waals surface area (Å²) in [7, 11) is 0. The summed E-state index contributed by atoms with van der Waals surface area (Å²) in [4.78, 5) is 16.2. The van der Waals surface area contributed by atoms with Crippen LogP contribution in [0.15, 0.2) is 48.8 Å². The van der Waals surface area contributed by atoms with E-state index in [2.05, 4.69) is 10.3 Å². The maximum atomic E-state index is 12.6. The highest BCUT2D eigenvalue weighted by Gasteiger charge is 2.31. The van der Waals surface area contributed by atoms with Gasteiger partial charge in [-0.05, 0) is 41.8 Å². The van der Waals surface area contributed by atoms with Crippen molar-refractivity contribution in [3.05, 3.63) is 65.5 Å². The topological polar surface area (TPSA) is 51.2 Å². The molecule has 0 spiro atoms. The van der Waals surface area contributed by atoms with E-state index >= 15 is 0 Å². The van der Waals surface area contributed by atoms with Crippen molar-refractivity contribution < 1.29 is 22.7 Å². The van der Waals surface area contributed by atoms with Gasteiger partial charge in [0.2, 0.25) is 5.91 Å². The van der Waals surface area contributed by atoms with Gasteiger partial charge >= 0.3 is 6.18 Å². The number of aromatic nitrogens is 1. The average Bonchev–Trinajstić information content (AvgIpc) is 3.02. The molecule has 138 valence electrons. The molecule has 0 radical (unpaired) electrons. The average molecular weight is 364 g/mol. The van der Waals surface area contributed by atoms with Crippen molar-refractivity contribution in [1.82, 2.24) is 10.3 Å². The van der Waals surface area contributed by atoms with Crippen molar-refractivity contribution in [3.8, 4) is 0 Å². The lowest BCUT2D eigenvalue weighted by atomic mass is 9.95. The van der Waals surface area contributed by atoms with E-state index in [1.807, 2.05) is 12.1 Å². The summed E-state index contributed by atoms with van der Waals surface area (Å²) in [5.41, 5.74) is 0.945. The van der Waals surface area contributed by atoms with Gasteiger partial charge in [0.1, 0.15) is 0 Å². The molecule has 1 aliphatic heterocycles. The fourth-order valence-electron chi connectivity index (χ4n) is 3.04. The predicted octanol–water partition coefficient (Wildman–Crippen LogP) is 3.02. The normalized spacial score (nSPS) is 20.1. The monoisotopic (exact) mass is 364 g/mol. The van der Waals surface area contributed by atoms with Crippen LogP contribution in [-0.4, -0.2) is 30.1 Å². The Morgan fingerprint density at radius 1 is 1.08 bits per heavy atom. The van der Waals surface area contributed by atoms with Gasteiger partial charge in [0.15, 0.2) is 0 Å². The minimum Gasteiger partial charge on any atom is -0.379 e. The zero-order valence-corrected chi connectivity index (χ0v) is 14.0. The molecular weight excluding hydrogens is 345 g/mol. The number of rotatable bonds is 5. The van der Waals surface area contributed by atoms with Gasteiger partial charge in [-0.3, -0.25) is 9.78 Å². The molecular formula is C19H19F3N2O2. The molecule has 1 N–H and O–H groups in total. The van der Waals surface area contributed by atoms with Crippen LogP contribution in [0.25, 0.3) is 0 Å². The van der Waals surface area contributed by atoms with Gasteiger partial charge in [-0.1, -0.05) is 12.1 Å². The van der Waals surface area contributed by atoms with Gasteiger partial charge in [0.05, 0.1) is 31.2 Å². The van der Waals surface area contributed by atoms with Gasteiger partial charge in [0, 0.05) is 18.3 Å². The summed E-state index contributed by atoms with van der Waals surface area (Å²) in [6, 6.07) is 8.41. The quantitative estimate of drug-likeness (QED) is 0.887. The summed E-state index contributed by atoms with van der Waals surface area (Å²) in [5, 5.41) is 2.94. The molecule has 1 amide bonds. The Hall–Kier alpha value is -2.41. The highest BCUT2D eigenvalue weighted by Crippen LogP contribution is 2.29. The van der Waals surface area contributed by atoms with Crippen LogP contribution >= 0.6 is 0 Å². The number of amides is 1. The van der Waals surface area contributed by atoms with E-state index < -0.39 is 11.7 Å². The van der Waals surface area contributed by atoms with Gasteiger partial charge in [0.25, 0.3) is 0 Å². The number of carbonyl (C=O) groups excluding carboxylic acids is 1. The van der Waals surface area contributed by atoms with E-state index in [9.17, 15) is 18.0 Å². The van der Waals surface area contributed by atoms with Crippen molar-refractivity contribution in [2.45, 2.75) is 25.1 Å². The number of halogens is 3. The maximum Gasteiger partial charge on any atom is 0.416 e. The van der Waals surface area contributed by atoms with E-state index in [0.29, 0.717) is 18.8 Å². The third-order valence-electron chi connectivity index (χ3n) is 4.44. The van der Waals surface area contributed by atoms with Crippen LogP contribution in [-0.2, 0) is 28.5 Å². The van der Waals surface area contributed by atoms with Gasteiger partial charge in [-0.25, -0.2) is 0 Å². The number of ether oxygens (including phenoxy) is 1. The van der Waals surface area contributed by atoms with Crippen LogP contribution in [0.3, 0.4) is 0 Å². The molecule has 1 aromatic carbocycles. The number of benzene rings is 1. The molecule has 2 atom stereocenters. The number of carbonyl (C=O) groups is 1. The maximum absolute atomic E-state index is 12.6. The van der Waals surface area contributed by atoms with Crippen LogP contribution < -0.4 is 5.32 Å². The van der Waals surface area contributed by atoms with Crippen molar-refractivity contribution in [1.29, 1.82) is 0 Å². The fraction of sp³-hybridized carbons (Fsp3) is 0.368. The molecule has 0 saturated carbocycles. The van der Waals surface area contributed by atoms with Gasteiger partial charge < -0.3 is 10.1 Å². The standard InChI is InChI=1S/C19H19F3N2O2/c20-19(21,22)16-3-1-13(2-4-16)10-18(25)24-17-12-26-11-15(17)9-14-5-7-23-8-6-14/h1-8,15,17H,9-12H2,(H,24,25)/t15-,17+/m1/s1. The minimum atomic E-state index is -4.37. The molecule has 0 unspecified atom stereocenters. The summed E-state index contributed by atoms with van der Waals surface area (Å²) >= 11 is 0. The number of hydrogen-bond acceptors (Lipinski definition) is 3. The first kappa shape index (κ1) is 18.4. The van der Waals surface area contributed by atoms with Crippen LogP contribution in [0.1, 0.15) is 16.7 Å². The highest BCUT2D eigenvalue weighted by molar-refractivity contribution is 5.79. The lowest BCUT2D eigenvalue weighted by Crippen LogP contribution is -2.41. The molecule has 4 nitrogen and oxygen atoms in total. The predicted molar refractivity (Wildman–Crippen MR) is 89.3 cm³/mol. The molecule has 1 aliphatic rings. The Morgan fingerprint density at radius 3 is 2.42 bits per heavy atom. The number of pyridine rings is 1. The van der Waals surface area contributed by atoms with Crippen molar-refractivity contribution >= 4 is 5.91 Å². The van der Waals surface area contributed by atoms with E-state index in [1.54, 1.807) is 12.4 Å². The first-order valence-electron chi connectivity index (χ1n) is 8.34. The van der Waals surface area contributed by atoms with Crippen LogP contribution in [0.5, 0.6) is 0 Å². The molecule has 1 fully saturated rings. The second-order valence-electron chi connectivity index (χ2n) is 6.40. The zero-order valence-electron chi connectivity index (χ0n) is 14.0. The number of nitrogens with one attached hydrogen (secondary N) is 1. The van der Waals surface area contributed by atoms with Crippen molar-refractivity contribution in [3.63, 3.8) is 0 Å². The Morgan fingerprint density at radius 2 is 1.77 bits per heavy atom. The Bertz CT molecular complexity index is 733. The molecule has 0 bridgehead atoms. The van der Waals surface area contributed by atoms with Crippen molar-refractivity contribution in [2.75, 3.05) is 13.2 Å². The molecule has 2 heterocycles. The second kappa shape index (κ2) is 7.86. The largest absolute Gasteiger partial charge is 0.416 e. The van der Waals surface area contributed by atoms with E-state index in [1.165, 1.54) is 12.1 Å². The SMILES string of the molecule is O=C(Cc1ccc(C(F)(F)F)cc1)N[C@H]1COC[C@H]1Cc1ccncc1. The lowest BCUT2D eigenvalue weighted by molar-refractivity contribution is -0.137. The Kier molecular flexibility index (Phi) is 5.56. The first-order valence-corrected chi connectivity index (χ1v) is 8.34. The Balaban J connectivity index is 1.55. The second-order valence-corrected chi connectivity index (χ2v) is 6.40. The van der Waals surface area contributed by atoms with Gasteiger partial charge in [-0.2, -0.15) is 13.2 Å². The summed E-state index contributed by atoms with van der Waals surface area (Å²) < 4.78 is 43.2. The number of hydrogen-bond donors (Lipinski definition) is 1.